The van der Waals surface area contributed by atoms with Crippen LogP contribution in [0.3, 0.4) is 0 Å². The number of nitriles is 1. The second-order valence-corrected chi connectivity index (χ2v) is 6.70. The van der Waals surface area contributed by atoms with Crippen LogP contribution in [0.2, 0.25) is 0 Å². The lowest BCUT2D eigenvalue weighted by Gasteiger charge is -2.26. The Morgan fingerprint density at radius 2 is 1.86 bits per heavy atom. The predicted molar refractivity (Wildman–Crippen MR) is 93.6 cm³/mol. The van der Waals surface area contributed by atoms with E-state index in [-0.39, 0.29) is 0 Å². The topological polar surface area (TPSA) is 23.8 Å². The monoisotopic (exact) mass is 295 g/mol. The molecule has 0 amide bonds. The first-order valence-corrected chi connectivity index (χ1v) is 8.97. The second kappa shape index (κ2) is 9.46. The number of nitrogens with zero attached hydrogens (tertiary/aromatic N) is 1. The van der Waals surface area contributed by atoms with Crippen LogP contribution in [0.5, 0.6) is 0 Å². The molecule has 2 rings (SSSR count). The van der Waals surface area contributed by atoms with E-state index in [2.05, 4.69) is 37.3 Å². The van der Waals surface area contributed by atoms with Crippen molar-refractivity contribution < 1.29 is 0 Å². The lowest BCUT2D eigenvalue weighted by molar-refractivity contribution is 0.290. The standard InChI is InChI=1S/C21H29N/c1-2-3-6-18-9-11-19(12-10-18)7-4-5-8-20-13-15-21(17-22)16-14-20/h4,7,13-16,18-19H,2-3,5-6,8-12H2,1H3/t18-,19-. The molecule has 1 heteroatoms. The highest BCUT2D eigenvalue weighted by molar-refractivity contribution is 5.31. The van der Waals surface area contributed by atoms with Gasteiger partial charge in [0.1, 0.15) is 0 Å². The van der Waals surface area contributed by atoms with E-state index in [1.165, 1.54) is 50.5 Å². The van der Waals surface area contributed by atoms with Gasteiger partial charge in [0.05, 0.1) is 11.6 Å². The first-order chi connectivity index (χ1) is 10.8. The first kappa shape index (κ1) is 16.8. The van der Waals surface area contributed by atoms with Crippen LogP contribution in [0, 0.1) is 23.2 Å². The molecule has 1 aliphatic rings. The van der Waals surface area contributed by atoms with Crippen LogP contribution in [-0.2, 0) is 6.42 Å². The van der Waals surface area contributed by atoms with Crippen molar-refractivity contribution in [3.8, 4) is 6.07 Å². The SMILES string of the molecule is CCCC[C@H]1CC[C@H](C=CCCc2ccc(C#N)cc2)CC1. The van der Waals surface area contributed by atoms with Crippen LogP contribution in [0.4, 0.5) is 0 Å². The van der Waals surface area contributed by atoms with Gasteiger partial charge in [0.15, 0.2) is 0 Å². The van der Waals surface area contributed by atoms with Gasteiger partial charge in [-0.25, -0.2) is 0 Å². The second-order valence-electron chi connectivity index (χ2n) is 6.70. The van der Waals surface area contributed by atoms with Crippen molar-refractivity contribution >= 4 is 0 Å². The molecule has 118 valence electrons. The first-order valence-electron chi connectivity index (χ1n) is 8.97. The van der Waals surface area contributed by atoms with Gasteiger partial charge in [-0.1, -0.05) is 50.5 Å². The molecular formula is C21H29N. The van der Waals surface area contributed by atoms with Crippen molar-refractivity contribution in [1.29, 1.82) is 5.26 Å². The Balaban J connectivity index is 1.65. The smallest absolute Gasteiger partial charge is 0.0991 e. The fraction of sp³-hybridized carbons (Fsp3) is 0.571. The minimum absolute atomic E-state index is 0.749. The third-order valence-electron chi connectivity index (χ3n) is 4.95. The molecule has 0 N–H and O–H groups in total. The Morgan fingerprint density at radius 3 is 2.50 bits per heavy atom. The van der Waals surface area contributed by atoms with Crippen LogP contribution in [0.15, 0.2) is 36.4 Å². The molecule has 1 fully saturated rings. The fourth-order valence-corrected chi connectivity index (χ4v) is 3.45. The normalized spacial score (nSPS) is 21.8. The van der Waals surface area contributed by atoms with Crippen molar-refractivity contribution in [3.63, 3.8) is 0 Å². The number of unbranched alkanes of at least 4 members (excludes halogenated alkanes) is 1. The molecule has 0 aromatic heterocycles. The Bertz CT molecular complexity index is 484. The number of hydrogen-bond donors (Lipinski definition) is 0. The van der Waals surface area contributed by atoms with E-state index in [1.807, 2.05) is 12.1 Å². The molecule has 0 spiro atoms. The molecule has 1 aromatic carbocycles. The maximum atomic E-state index is 8.79. The molecule has 1 nitrogen and oxygen atoms in total. The maximum Gasteiger partial charge on any atom is 0.0991 e. The van der Waals surface area contributed by atoms with E-state index in [1.54, 1.807) is 0 Å². The number of hydrogen-bond acceptors (Lipinski definition) is 1. The van der Waals surface area contributed by atoms with E-state index in [9.17, 15) is 0 Å². The summed E-state index contributed by atoms with van der Waals surface area (Å²) in [7, 11) is 0. The summed E-state index contributed by atoms with van der Waals surface area (Å²) in [5.74, 6) is 1.82. The van der Waals surface area contributed by atoms with Gasteiger partial charge in [-0.15, -0.1) is 0 Å². The lowest BCUT2D eigenvalue weighted by atomic mass is 9.79. The summed E-state index contributed by atoms with van der Waals surface area (Å²) in [5.41, 5.74) is 2.08. The summed E-state index contributed by atoms with van der Waals surface area (Å²) in [5, 5.41) is 8.79. The molecule has 1 aliphatic carbocycles. The van der Waals surface area contributed by atoms with E-state index < -0.39 is 0 Å². The summed E-state index contributed by atoms with van der Waals surface area (Å²) in [6.07, 6.45) is 16.9. The summed E-state index contributed by atoms with van der Waals surface area (Å²) in [6.45, 7) is 2.29. The number of rotatable bonds is 7. The van der Waals surface area contributed by atoms with Crippen molar-refractivity contribution in [2.24, 2.45) is 11.8 Å². The van der Waals surface area contributed by atoms with Gasteiger partial charge < -0.3 is 0 Å². The Hall–Kier alpha value is -1.55. The molecule has 0 radical (unpaired) electrons. The number of allylic oxidation sites excluding steroid dienone is 2. The maximum absolute atomic E-state index is 8.79. The van der Waals surface area contributed by atoms with E-state index in [0.29, 0.717) is 0 Å². The number of benzene rings is 1. The quantitative estimate of drug-likeness (QED) is 0.562. The largest absolute Gasteiger partial charge is 0.192 e. The Labute approximate surface area is 136 Å². The Morgan fingerprint density at radius 1 is 1.14 bits per heavy atom. The molecule has 1 aromatic rings. The molecule has 0 saturated heterocycles. The van der Waals surface area contributed by atoms with Gasteiger partial charge >= 0.3 is 0 Å². The van der Waals surface area contributed by atoms with Crippen molar-refractivity contribution in [3.05, 3.63) is 47.5 Å². The molecule has 0 heterocycles. The molecule has 22 heavy (non-hydrogen) atoms. The molecule has 0 unspecified atom stereocenters. The van der Waals surface area contributed by atoms with Gasteiger partial charge in [0.25, 0.3) is 0 Å². The zero-order valence-corrected chi connectivity index (χ0v) is 13.9. The number of aryl methyl sites for hydroxylation is 1. The summed E-state index contributed by atoms with van der Waals surface area (Å²) < 4.78 is 0. The highest BCUT2D eigenvalue weighted by Gasteiger charge is 2.18. The average molecular weight is 295 g/mol. The van der Waals surface area contributed by atoms with Gasteiger partial charge in [0, 0.05) is 0 Å². The van der Waals surface area contributed by atoms with Crippen LogP contribution in [-0.4, -0.2) is 0 Å². The minimum Gasteiger partial charge on any atom is -0.192 e. The summed E-state index contributed by atoms with van der Waals surface area (Å²) >= 11 is 0. The van der Waals surface area contributed by atoms with Gasteiger partial charge in [-0.3, -0.25) is 0 Å². The zero-order chi connectivity index (χ0) is 15.6. The van der Waals surface area contributed by atoms with Crippen LogP contribution >= 0.6 is 0 Å². The van der Waals surface area contributed by atoms with Crippen LogP contribution in [0.1, 0.15) is 69.4 Å². The molecular weight excluding hydrogens is 266 g/mol. The third-order valence-corrected chi connectivity index (χ3v) is 4.95. The third kappa shape index (κ3) is 5.68. The van der Waals surface area contributed by atoms with Crippen LogP contribution in [0.25, 0.3) is 0 Å². The van der Waals surface area contributed by atoms with Gasteiger partial charge in [0.2, 0.25) is 0 Å². The summed E-state index contributed by atoms with van der Waals surface area (Å²) in [6, 6.07) is 10.1. The van der Waals surface area contributed by atoms with E-state index in [4.69, 9.17) is 5.26 Å². The predicted octanol–water partition coefficient (Wildman–Crippen LogP) is 6.04. The van der Waals surface area contributed by atoms with Gasteiger partial charge in [-0.05, 0) is 68.1 Å². The minimum atomic E-state index is 0.749. The zero-order valence-electron chi connectivity index (χ0n) is 13.9. The molecule has 0 aliphatic heterocycles. The fourth-order valence-electron chi connectivity index (χ4n) is 3.45. The van der Waals surface area contributed by atoms with E-state index >= 15 is 0 Å². The van der Waals surface area contributed by atoms with Crippen molar-refractivity contribution in [1.82, 2.24) is 0 Å². The van der Waals surface area contributed by atoms with Gasteiger partial charge in [-0.2, -0.15) is 5.26 Å². The van der Waals surface area contributed by atoms with Crippen LogP contribution < -0.4 is 0 Å². The highest BCUT2D eigenvalue weighted by Crippen LogP contribution is 2.32. The molecule has 0 bridgehead atoms. The Kier molecular flexibility index (Phi) is 7.23. The molecule has 1 saturated carbocycles. The van der Waals surface area contributed by atoms with E-state index in [0.717, 1.165) is 30.2 Å². The summed E-state index contributed by atoms with van der Waals surface area (Å²) in [4.78, 5) is 0. The average Bonchev–Trinajstić information content (AvgIpc) is 2.58. The van der Waals surface area contributed by atoms with Crippen molar-refractivity contribution in [2.45, 2.75) is 64.7 Å². The highest BCUT2D eigenvalue weighted by atomic mass is 14.2. The van der Waals surface area contributed by atoms with Crippen molar-refractivity contribution in [2.75, 3.05) is 0 Å². The lowest BCUT2D eigenvalue weighted by Crippen LogP contribution is -2.12. The molecule has 0 atom stereocenters.